The van der Waals surface area contributed by atoms with Gasteiger partial charge in [-0.2, -0.15) is 15.2 Å². The number of benzene rings is 2. The van der Waals surface area contributed by atoms with Gasteiger partial charge in [-0.15, -0.1) is 0 Å². The van der Waals surface area contributed by atoms with Gasteiger partial charge in [-0.3, -0.25) is 0 Å². The molecule has 11 heteroatoms. The van der Waals surface area contributed by atoms with E-state index in [0.29, 0.717) is 63.2 Å². The van der Waals surface area contributed by atoms with E-state index in [9.17, 15) is 14.4 Å². The Morgan fingerprint density at radius 1 is 1.04 bits per heavy atom. The Labute approximate surface area is 264 Å². The van der Waals surface area contributed by atoms with Crippen LogP contribution in [0.25, 0.3) is 10.8 Å². The minimum atomic E-state index is -0.627. The van der Waals surface area contributed by atoms with Crippen LogP contribution in [0.3, 0.4) is 0 Å². The Bertz CT molecular complexity index is 1600. The van der Waals surface area contributed by atoms with E-state index in [2.05, 4.69) is 27.8 Å². The van der Waals surface area contributed by atoms with Gasteiger partial charge in [0.15, 0.2) is 0 Å². The van der Waals surface area contributed by atoms with Gasteiger partial charge >= 0.3 is 12.1 Å². The second-order valence-electron chi connectivity index (χ2n) is 13.3. The smallest absolute Gasteiger partial charge is 0.410 e. The van der Waals surface area contributed by atoms with Crippen molar-refractivity contribution in [2.24, 2.45) is 0 Å². The molecule has 10 nitrogen and oxygen atoms in total. The number of piperazine rings is 1. The second-order valence-corrected chi connectivity index (χ2v) is 13.3. The maximum absolute atomic E-state index is 14.7. The molecule has 6 rings (SSSR count). The summed E-state index contributed by atoms with van der Waals surface area (Å²) in [4.78, 5) is 31.3. The summed E-state index contributed by atoms with van der Waals surface area (Å²) in [6.07, 6.45) is 2.69. The number of likely N-dealkylation sites (tertiary alicyclic amines) is 1. The van der Waals surface area contributed by atoms with Gasteiger partial charge in [0.2, 0.25) is 0 Å². The molecular weight excluding hydrogens is 573 g/mol. The van der Waals surface area contributed by atoms with Crippen LogP contribution in [0.2, 0.25) is 0 Å². The van der Waals surface area contributed by atoms with Crippen molar-refractivity contribution in [1.82, 2.24) is 19.8 Å². The first-order chi connectivity index (χ1) is 21.6. The maximum Gasteiger partial charge on any atom is 0.410 e. The number of carbonyl (C=O) groups is 1. The van der Waals surface area contributed by atoms with Gasteiger partial charge < -0.3 is 29.1 Å². The highest BCUT2D eigenvalue weighted by molar-refractivity contribution is 5.94. The van der Waals surface area contributed by atoms with E-state index in [-0.39, 0.29) is 18.3 Å². The van der Waals surface area contributed by atoms with Gasteiger partial charge in [0.25, 0.3) is 0 Å². The molecule has 1 aromatic heterocycles. The van der Waals surface area contributed by atoms with Crippen LogP contribution in [0, 0.1) is 17.1 Å². The van der Waals surface area contributed by atoms with Crippen molar-refractivity contribution in [1.29, 1.82) is 5.26 Å². The first-order valence-corrected chi connectivity index (χ1v) is 15.9. The van der Waals surface area contributed by atoms with Crippen LogP contribution in [-0.2, 0) is 17.7 Å². The molecule has 2 saturated heterocycles. The first-order valence-electron chi connectivity index (χ1n) is 15.9. The third kappa shape index (κ3) is 6.61. The molecule has 1 amide bonds. The molecule has 0 aliphatic carbocycles. The van der Waals surface area contributed by atoms with Gasteiger partial charge in [-0.05, 0) is 65.8 Å². The van der Waals surface area contributed by atoms with E-state index in [0.717, 1.165) is 47.5 Å². The summed E-state index contributed by atoms with van der Waals surface area (Å²) in [5.41, 5.74) is 2.26. The first kappa shape index (κ1) is 30.8. The number of hydrogen-bond donors (Lipinski definition) is 0. The van der Waals surface area contributed by atoms with Crippen molar-refractivity contribution in [2.75, 3.05) is 56.2 Å². The number of amides is 1. The van der Waals surface area contributed by atoms with Crippen molar-refractivity contribution in [3.63, 3.8) is 0 Å². The van der Waals surface area contributed by atoms with E-state index in [1.165, 1.54) is 6.07 Å². The van der Waals surface area contributed by atoms with Crippen molar-refractivity contribution in [3.05, 3.63) is 53.5 Å². The number of carbonyl (C=O) groups excluding carboxylic acids is 1. The van der Waals surface area contributed by atoms with Gasteiger partial charge in [0, 0.05) is 54.2 Å². The Morgan fingerprint density at radius 3 is 2.60 bits per heavy atom. The zero-order valence-electron chi connectivity index (χ0n) is 26.6. The lowest BCUT2D eigenvalue weighted by Crippen LogP contribution is -2.56. The maximum atomic E-state index is 14.7. The predicted molar refractivity (Wildman–Crippen MR) is 171 cm³/mol. The van der Waals surface area contributed by atoms with Crippen LogP contribution in [0.4, 0.5) is 20.7 Å². The Balaban J connectivity index is 1.31. The number of halogens is 1. The topological polar surface area (TPSA) is 98.1 Å². The number of fused-ring (bicyclic) bond motifs is 2. The van der Waals surface area contributed by atoms with Crippen LogP contribution >= 0.6 is 0 Å². The molecule has 0 spiro atoms. The van der Waals surface area contributed by atoms with Crippen LogP contribution in [0.15, 0.2) is 36.4 Å². The van der Waals surface area contributed by atoms with E-state index in [1.807, 2.05) is 45.0 Å². The molecule has 3 aliphatic rings. The summed E-state index contributed by atoms with van der Waals surface area (Å²) in [5.74, 6) is 0.562. The molecule has 2 atom stereocenters. The van der Waals surface area contributed by atoms with Crippen LogP contribution in [0.1, 0.15) is 51.3 Å². The number of nitrogens with zero attached hydrogens (tertiary/aromatic N) is 7. The Kier molecular flexibility index (Phi) is 8.69. The summed E-state index contributed by atoms with van der Waals surface area (Å²) in [6.45, 7) is 9.73. The number of hydrogen-bond acceptors (Lipinski definition) is 9. The molecule has 1 unspecified atom stereocenters. The highest BCUT2D eigenvalue weighted by Gasteiger charge is 2.36. The molecule has 0 N–H and O–H groups in total. The van der Waals surface area contributed by atoms with Crippen LogP contribution in [0.5, 0.6) is 6.01 Å². The number of rotatable bonds is 6. The number of nitriles is 1. The van der Waals surface area contributed by atoms with Gasteiger partial charge in [-0.25, -0.2) is 9.18 Å². The molecule has 238 valence electrons. The molecule has 45 heavy (non-hydrogen) atoms. The normalized spacial score (nSPS) is 20.7. The molecule has 3 aliphatic heterocycles. The Morgan fingerprint density at radius 2 is 1.84 bits per heavy atom. The highest BCUT2D eigenvalue weighted by atomic mass is 19.1. The summed E-state index contributed by atoms with van der Waals surface area (Å²) >= 11 is 0. The largest absolute Gasteiger partial charge is 0.462 e. The fourth-order valence-corrected chi connectivity index (χ4v) is 6.70. The van der Waals surface area contributed by atoms with Gasteiger partial charge in [0.05, 0.1) is 30.8 Å². The zero-order valence-corrected chi connectivity index (χ0v) is 26.6. The summed E-state index contributed by atoms with van der Waals surface area (Å²) in [6, 6.07) is 13.5. The second kappa shape index (κ2) is 12.7. The number of ether oxygens (including phenoxy) is 2. The number of likely N-dealkylation sites (N-methyl/N-ethyl adjacent to an activating group) is 1. The van der Waals surface area contributed by atoms with Crippen molar-refractivity contribution in [2.45, 2.75) is 70.7 Å². The lowest BCUT2D eigenvalue weighted by molar-refractivity contribution is 0.0144. The molecule has 2 aromatic carbocycles. The van der Waals surface area contributed by atoms with E-state index < -0.39 is 11.7 Å². The number of anilines is 2. The van der Waals surface area contributed by atoms with Gasteiger partial charge in [-0.1, -0.05) is 24.3 Å². The lowest BCUT2D eigenvalue weighted by atomic mass is 10.0. The fraction of sp³-hybridized carbons (Fsp3) is 0.529. The van der Waals surface area contributed by atoms with E-state index in [1.54, 1.807) is 11.0 Å². The molecule has 2 fully saturated rings. The van der Waals surface area contributed by atoms with Crippen LogP contribution in [-0.4, -0.2) is 89.9 Å². The number of aromatic nitrogens is 2. The standard InChI is InChI=1S/C34H42FN7O3/c1-34(2,3)45-33(43)42-19-18-41(20-23(42)13-15-36)31-27-14-17-40(30-12-6-9-25-26(30)10-5-11-28(25)35)21-29(27)37-32(38-31)44-22-24-8-7-16-39(24)4/h5-6,9-12,23-24H,7-8,13-14,16-22H2,1-4H3/t23?,24-/m0/s1. The fourth-order valence-electron chi connectivity index (χ4n) is 6.70. The third-order valence-electron chi connectivity index (χ3n) is 9.02. The minimum absolute atomic E-state index is 0.186. The quantitative estimate of drug-likeness (QED) is 0.373. The lowest BCUT2D eigenvalue weighted by Gasteiger charge is -2.42. The molecule has 4 heterocycles. The molecular formula is C34H42FN7O3. The Hall–Kier alpha value is -4.17. The van der Waals surface area contributed by atoms with E-state index >= 15 is 0 Å². The summed E-state index contributed by atoms with van der Waals surface area (Å²) in [7, 11) is 2.12. The summed E-state index contributed by atoms with van der Waals surface area (Å²) < 4.78 is 26.6. The molecule has 0 bridgehead atoms. The minimum Gasteiger partial charge on any atom is -0.462 e. The molecule has 3 aromatic rings. The predicted octanol–water partition coefficient (Wildman–Crippen LogP) is 5.14. The van der Waals surface area contributed by atoms with Crippen molar-refractivity contribution >= 4 is 28.4 Å². The molecule has 0 saturated carbocycles. The van der Waals surface area contributed by atoms with E-state index in [4.69, 9.17) is 19.4 Å². The van der Waals surface area contributed by atoms with Gasteiger partial charge in [0.1, 0.15) is 23.8 Å². The molecule has 0 radical (unpaired) electrons. The summed E-state index contributed by atoms with van der Waals surface area (Å²) in [5, 5.41) is 11.1. The monoisotopic (exact) mass is 615 g/mol. The van der Waals surface area contributed by atoms with Crippen molar-refractivity contribution in [3.8, 4) is 12.1 Å². The van der Waals surface area contributed by atoms with Crippen molar-refractivity contribution < 1.29 is 18.7 Å². The SMILES string of the molecule is CN1CCC[C@H]1COc1nc2c(c(N3CCN(C(=O)OC(C)(C)C)C(CC#N)C3)n1)CCN(c1cccc3c(F)cccc13)C2. The average Bonchev–Trinajstić information content (AvgIpc) is 3.43. The van der Waals surface area contributed by atoms with Crippen LogP contribution < -0.4 is 14.5 Å². The highest BCUT2D eigenvalue weighted by Crippen LogP contribution is 2.35. The zero-order chi connectivity index (χ0) is 31.7. The average molecular weight is 616 g/mol. The third-order valence-corrected chi connectivity index (χ3v) is 9.02.